The van der Waals surface area contributed by atoms with Crippen molar-refractivity contribution >= 4 is 11.4 Å². The second-order valence-electron chi connectivity index (χ2n) is 3.98. The molecule has 1 aromatic rings. The van der Waals surface area contributed by atoms with Crippen molar-refractivity contribution in [3.63, 3.8) is 0 Å². The summed E-state index contributed by atoms with van der Waals surface area (Å²) in [6.45, 7) is 2.24. The van der Waals surface area contributed by atoms with Crippen molar-refractivity contribution in [2.24, 2.45) is 5.92 Å². The average Bonchev–Trinajstić information content (AvgIpc) is 3.01. The molecule has 3 nitrogen and oxygen atoms in total. The monoisotopic (exact) mass is 191 g/mol. The van der Waals surface area contributed by atoms with Crippen LogP contribution >= 0.6 is 0 Å². The first-order chi connectivity index (χ1) is 6.79. The highest BCUT2D eigenvalue weighted by Gasteiger charge is 2.27. The second kappa shape index (κ2) is 3.86. The molecule has 0 saturated heterocycles. The van der Waals surface area contributed by atoms with Crippen molar-refractivity contribution in [3.05, 3.63) is 18.5 Å². The van der Waals surface area contributed by atoms with E-state index in [2.05, 4.69) is 28.6 Å². The van der Waals surface area contributed by atoms with Crippen molar-refractivity contribution in [1.82, 2.24) is 4.98 Å². The Morgan fingerprint density at radius 3 is 2.71 bits per heavy atom. The number of nitrogens with one attached hydrogen (secondary N) is 2. The van der Waals surface area contributed by atoms with Crippen LogP contribution < -0.4 is 10.6 Å². The molecule has 1 fully saturated rings. The first kappa shape index (κ1) is 9.31. The summed E-state index contributed by atoms with van der Waals surface area (Å²) in [5.41, 5.74) is 2.16. The molecule has 1 atom stereocenters. The second-order valence-corrected chi connectivity index (χ2v) is 3.98. The Balaban J connectivity index is 2.00. The van der Waals surface area contributed by atoms with Crippen LogP contribution in [0.4, 0.5) is 11.4 Å². The summed E-state index contributed by atoms with van der Waals surface area (Å²) < 4.78 is 0. The van der Waals surface area contributed by atoms with Crippen molar-refractivity contribution in [2.45, 2.75) is 25.8 Å². The molecule has 2 rings (SSSR count). The fraction of sp³-hybridized carbons (Fsp3) is 0.545. The molecule has 1 aliphatic carbocycles. The molecule has 2 N–H and O–H groups in total. The van der Waals surface area contributed by atoms with Gasteiger partial charge in [0.05, 0.1) is 23.8 Å². The first-order valence-corrected chi connectivity index (χ1v) is 5.19. The molecule has 0 spiro atoms. The third-order valence-electron chi connectivity index (χ3n) is 2.75. The highest BCUT2D eigenvalue weighted by Crippen LogP contribution is 2.33. The van der Waals surface area contributed by atoms with Gasteiger partial charge in [-0.3, -0.25) is 4.98 Å². The molecule has 0 aromatic carbocycles. The summed E-state index contributed by atoms with van der Waals surface area (Å²) in [6, 6.07) is 2.66. The van der Waals surface area contributed by atoms with Crippen LogP contribution in [0.2, 0.25) is 0 Å². The van der Waals surface area contributed by atoms with Crippen LogP contribution in [0.15, 0.2) is 18.5 Å². The largest absolute Gasteiger partial charge is 0.387 e. The molecular weight excluding hydrogens is 174 g/mol. The molecule has 0 bridgehead atoms. The minimum Gasteiger partial charge on any atom is -0.387 e. The summed E-state index contributed by atoms with van der Waals surface area (Å²) in [6.07, 6.45) is 6.44. The zero-order chi connectivity index (χ0) is 9.97. The Morgan fingerprint density at radius 1 is 1.36 bits per heavy atom. The molecule has 1 aliphatic rings. The van der Waals surface area contributed by atoms with Crippen LogP contribution in [0.3, 0.4) is 0 Å². The molecule has 1 saturated carbocycles. The maximum Gasteiger partial charge on any atom is 0.0549 e. The first-order valence-electron chi connectivity index (χ1n) is 5.19. The van der Waals surface area contributed by atoms with E-state index in [-0.39, 0.29) is 0 Å². The molecule has 3 heteroatoms. The van der Waals surface area contributed by atoms with Gasteiger partial charge in [-0.2, -0.15) is 0 Å². The molecule has 1 aromatic heterocycles. The molecule has 0 radical (unpaired) electrons. The van der Waals surface area contributed by atoms with Gasteiger partial charge in [-0.15, -0.1) is 0 Å². The lowest BCUT2D eigenvalue weighted by atomic mass is 10.2. The average molecular weight is 191 g/mol. The SMILES string of the molecule is CNc1cncc(NC(C)C2CC2)c1. The standard InChI is InChI=1S/C11H17N3/c1-8(9-3-4-9)14-11-5-10(12-2)6-13-7-11/h5-9,12,14H,3-4H2,1-2H3. The topological polar surface area (TPSA) is 37.0 Å². The van der Waals surface area contributed by atoms with E-state index >= 15 is 0 Å². The summed E-state index contributed by atoms with van der Waals surface area (Å²) in [4.78, 5) is 4.16. The van der Waals surface area contributed by atoms with Gasteiger partial charge in [0.15, 0.2) is 0 Å². The number of hydrogen-bond donors (Lipinski definition) is 2. The van der Waals surface area contributed by atoms with Crippen molar-refractivity contribution in [2.75, 3.05) is 17.7 Å². The number of rotatable bonds is 4. The van der Waals surface area contributed by atoms with Gasteiger partial charge in [0.1, 0.15) is 0 Å². The van der Waals surface area contributed by atoms with Crippen molar-refractivity contribution in [3.8, 4) is 0 Å². The quantitative estimate of drug-likeness (QED) is 0.767. The van der Waals surface area contributed by atoms with E-state index in [0.717, 1.165) is 17.3 Å². The Labute approximate surface area is 84.9 Å². The van der Waals surface area contributed by atoms with Crippen molar-refractivity contribution < 1.29 is 0 Å². The Hall–Kier alpha value is -1.25. The molecule has 0 aliphatic heterocycles. The smallest absolute Gasteiger partial charge is 0.0549 e. The molecule has 0 amide bonds. The lowest BCUT2D eigenvalue weighted by molar-refractivity contribution is 0.694. The van der Waals surface area contributed by atoms with Gasteiger partial charge >= 0.3 is 0 Å². The van der Waals surface area contributed by atoms with E-state index < -0.39 is 0 Å². The molecule has 1 heterocycles. The lowest BCUT2D eigenvalue weighted by Gasteiger charge is -2.14. The fourth-order valence-electron chi connectivity index (χ4n) is 1.63. The number of pyridine rings is 1. The zero-order valence-electron chi connectivity index (χ0n) is 8.75. The molecular formula is C11H17N3. The zero-order valence-corrected chi connectivity index (χ0v) is 8.75. The third-order valence-corrected chi connectivity index (χ3v) is 2.75. The van der Waals surface area contributed by atoms with Gasteiger partial charge in [-0.05, 0) is 31.7 Å². The predicted molar refractivity (Wildman–Crippen MR) is 59.6 cm³/mol. The number of nitrogens with zero attached hydrogens (tertiary/aromatic N) is 1. The van der Waals surface area contributed by atoms with E-state index in [9.17, 15) is 0 Å². The maximum absolute atomic E-state index is 4.16. The fourth-order valence-corrected chi connectivity index (χ4v) is 1.63. The minimum atomic E-state index is 0.573. The van der Waals surface area contributed by atoms with Crippen LogP contribution in [0.1, 0.15) is 19.8 Å². The van der Waals surface area contributed by atoms with Crippen LogP contribution in [0.25, 0.3) is 0 Å². The summed E-state index contributed by atoms with van der Waals surface area (Å²) >= 11 is 0. The Kier molecular flexibility index (Phi) is 2.57. The van der Waals surface area contributed by atoms with Gasteiger partial charge in [0.25, 0.3) is 0 Å². The number of anilines is 2. The number of hydrogen-bond acceptors (Lipinski definition) is 3. The normalized spacial score (nSPS) is 17.6. The lowest BCUT2D eigenvalue weighted by Crippen LogP contribution is -2.17. The van der Waals surface area contributed by atoms with Crippen LogP contribution in [-0.4, -0.2) is 18.1 Å². The summed E-state index contributed by atoms with van der Waals surface area (Å²) in [5.74, 6) is 0.869. The van der Waals surface area contributed by atoms with Crippen LogP contribution in [0.5, 0.6) is 0 Å². The Morgan fingerprint density at radius 2 is 2.07 bits per heavy atom. The minimum absolute atomic E-state index is 0.573. The highest BCUT2D eigenvalue weighted by atomic mass is 15.0. The number of aromatic nitrogens is 1. The summed E-state index contributed by atoms with van der Waals surface area (Å²) in [7, 11) is 1.91. The maximum atomic E-state index is 4.16. The van der Waals surface area contributed by atoms with Gasteiger partial charge in [0.2, 0.25) is 0 Å². The van der Waals surface area contributed by atoms with Gasteiger partial charge in [-0.1, -0.05) is 0 Å². The summed E-state index contributed by atoms with van der Waals surface area (Å²) in [5, 5.41) is 6.56. The van der Waals surface area contributed by atoms with E-state index in [1.807, 2.05) is 19.4 Å². The molecule has 76 valence electrons. The molecule has 14 heavy (non-hydrogen) atoms. The van der Waals surface area contributed by atoms with Gasteiger partial charge < -0.3 is 10.6 Å². The van der Waals surface area contributed by atoms with Gasteiger partial charge in [-0.25, -0.2) is 0 Å². The van der Waals surface area contributed by atoms with E-state index in [4.69, 9.17) is 0 Å². The molecule has 1 unspecified atom stereocenters. The van der Waals surface area contributed by atoms with E-state index in [1.165, 1.54) is 12.8 Å². The van der Waals surface area contributed by atoms with Crippen LogP contribution in [-0.2, 0) is 0 Å². The van der Waals surface area contributed by atoms with Crippen LogP contribution in [0, 0.1) is 5.92 Å². The Bertz CT molecular complexity index is 307. The van der Waals surface area contributed by atoms with E-state index in [0.29, 0.717) is 6.04 Å². The van der Waals surface area contributed by atoms with Gasteiger partial charge in [0, 0.05) is 13.1 Å². The van der Waals surface area contributed by atoms with E-state index in [1.54, 1.807) is 0 Å². The van der Waals surface area contributed by atoms with Crippen molar-refractivity contribution in [1.29, 1.82) is 0 Å². The predicted octanol–water partition coefficient (Wildman–Crippen LogP) is 2.33. The third kappa shape index (κ3) is 2.16. The highest BCUT2D eigenvalue weighted by molar-refractivity contribution is 5.54.